The van der Waals surface area contributed by atoms with E-state index in [1.165, 1.54) is 29.9 Å². The molecule has 0 unspecified atom stereocenters. The zero-order valence-electron chi connectivity index (χ0n) is 12.1. The molecule has 20 heavy (non-hydrogen) atoms. The van der Waals surface area contributed by atoms with Crippen molar-refractivity contribution in [1.29, 1.82) is 0 Å². The highest BCUT2D eigenvalue weighted by atomic mass is 79.9. The van der Waals surface area contributed by atoms with Crippen LogP contribution in [0.1, 0.15) is 18.4 Å². The second-order valence-electron chi connectivity index (χ2n) is 4.99. The molecule has 1 N–H and O–H groups in total. The molecule has 0 saturated carbocycles. The summed E-state index contributed by atoms with van der Waals surface area (Å²) in [6.45, 7) is 1.95. The molecule has 112 valence electrons. The van der Waals surface area contributed by atoms with Gasteiger partial charge < -0.3 is 14.8 Å². The fourth-order valence-corrected chi connectivity index (χ4v) is 4.06. The Hall–Kier alpha value is -0.390. The standard InChI is InChI=1S/C15H22BrNO2S/c1-18-14-7-12(13(16)8-15(14)19-2)10-17-9-11-3-5-20-6-4-11/h7-8,11,17H,3-6,9-10H2,1-2H3. The van der Waals surface area contributed by atoms with Crippen LogP contribution < -0.4 is 14.8 Å². The summed E-state index contributed by atoms with van der Waals surface area (Å²) in [5.41, 5.74) is 1.20. The summed E-state index contributed by atoms with van der Waals surface area (Å²) in [6, 6.07) is 4.00. The first-order chi connectivity index (χ1) is 9.74. The van der Waals surface area contributed by atoms with Crippen molar-refractivity contribution in [2.45, 2.75) is 19.4 Å². The van der Waals surface area contributed by atoms with Gasteiger partial charge in [-0.2, -0.15) is 11.8 Å². The van der Waals surface area contributed by atoms with E-state index >= 15 is 0 Å². The summed E-state index contributed by atoms with van der Waals surface area (Å²) in [5, 5.41) is 3.57. The molecule has 1 saturated heterocycles. The summed E-state index contributed by atoms with van der Waals surface area (Å²) in [4.78, 5) is 0. The largest absolute Gasteiger partial charge is 0.493 e. The van der Waals surface area contributed by atoms with Gasteiger partial charge in [0.25, 0.3) is 0 Å². The number of nitrogens with one attached hydrogen (secondary N) is 1. The Bertz CT molecular complexity index is 436. The maximum absolute atomic E-state index is 5.35. The predicted molar refractivity (Wildman–Crippen MR) is 89.0 cm³/mol. The fraction of sp³-hybridized carbons (Fsp3) is 0.600. The lowest BCUT2D eigenvalue weighted by Crippen LogP contribution is -2.25. The van der Waals surface area contributed by atoms with Gasteiger partial charge in [-0.1, -0.05) is 15.9 Å². The Labute approximate surface area is 133 Å². The average molecular weight is 360 g/mol. The van der Waals surface area contributed by atoms with Gasteiger partial charge in [0.05, 0.1) is 14.2 Å². The van der Waals surface area contributed by atoms with E-state index in [0.29, 0.717) is 0 Å². The lowest BCUT2D eigenvalue weighted by Gasteiger charge is -2.22. The minimum absolute atomic E-state index is 0.757. The monoisotopic (exact) mass is 359 g/mol. The lowest BCUT2D eigenvalue weighted by atomic mass is 10.0. The van der Waals surface area contributed by atoms with Crippen LogP contribution in [-0.2, 0) is 6.54 Å². The van der Waals surface area contributed by atoms with Crippen LogP contribution in [0, 0.1) is 5.92 Å². The van der Waals surface area contributed by atoms with Crippen LogP contribution in [0.2, 0.25) is 0 Å². The Balaban J connectivity index is 1.91. The van der Waals surface area contributed by atoms with Crippen molar-refractivity contribution in [2.75, 3.05) is 32.3 Å². The molecule has 0 spiro atoms. The molecule has 2 rings (SSSR count). The van der Waals surface area contributed by atoms with E-state index in [9.17, 15) is 0 Å². The fourth-order valence-electron chi connectivity index (χ4n) is 2.39. The second-order valence-corrected chi connectivity index (χ2v) is 7.06. The third kappa shape index (κ3) is 4.30. The molecule has 0 bridgehead atoms. The highest BCUT2D eigenvalue weighted by Gasteiger charge is 2.14. The third-order valence-corrected chi connectivity index (χ3v) is 5.43. The van der Waals surface area contributed by atoms with Gasteiger partial charge in [-0.25, -0.2) is 0 Å². The summed E-state index contributed by atoms with van der Waals surface area (Å²) in [5.74, 6) is 4.99. The first-order valence-electron chi connectivity index (χ1n) is 6.93. The van der Waals surface area contributed by atoms with E-state index in [4.69, 9.17) is 9.47 Å². The van der Waals surface area contributed by atoms with E-state index in [0.717, 1.165) is 35.0 Å². The average Bonchev–Trinajstić information content (AvgIpc) is 2.49. The van der Waals surface area contributed by atoms with Crippen LogP contribution in [0.3, 0.4) is 0 Å². The first-order valence-corrected chi connectivity index (χ1v) is 8.88. The van der Waals surface area contributed by atoms with Gasteiger partial charge in [-0.15, -0.1) is 0 Å². The molecule has 0 amide bonds. The molecule has 1 aromatic rings. The highest BCUT2D eigenvalue weighted by Crippen LogP contribution is 2.33. The Morgan fingerprint density at radius 3 is 2.50 bits per heavy atom. The van der Waals surface area contributed by atoms with Crippen LogP contribution in [-0.4, -0.2) is 32.3 Å². The number of halogens is 1. The summed E-state index contributed by atoms with van der Waals surface area (Å²) in [6.07, 6.45) is 2.68. The first kappa shape index (κ1) is 16.0. The summed E-state index contributed by atoms with van der Waals surface area (Å²) < 4.78 is 11.7. The third-order valence-electron chi connectivity index (χ3n) is 3.64. The van der Waals surface area contributed by atoms with Crippen LogP contribution in [0.5, 0.6) is 11.5 Å². The van der Waals surface area contributed by atoms with E-state index in [1.807, 2.05) is 12.1 Å². The molecule has 1 aromatic carbocycles. The number of methoxy groups -OCH3 is 2. The molecular formula is C15H22BrNO2S. The van der Waals surface area contributed by atoms with E-state index in [-0.39, 0.29) is 0 Å². The zero-order valence-corrected chi connectivity index (χ0v) is 14.5. The SMILES string of the molecule is COc1cc(Br)c(CNCC2CCSCC2)cc1OC. The molecular weight excluding hydrogens is 338 g/mol. The minimum Gasteiger partial charge on any atom is -0.493 e. The second kappa shape index (κ2) is 8.15. The number of hydrogen-bond donors (Lipinski definition) is 1. The van der Waals surface area contributed by atoms with Crippen molar-refractivity contribution >= 4 is 27.7 Å². The van der Waals surface area contributed by atoms with Gasteiger partial charge in [0.2, 0.25) is 0 Å². The Morgan fingerprint density at radius 2 is 1.85 bits per heavy atom. The molecule has 5 heteroatoms. The van der Waals surface area contributed by atoms with Gasteiger partial charge in [-0.05, 0) is 54.5 Å². The van der Waals surface area contributed by atoms with Crippen LogP contribution >= 0.6 is 27.7 Å². The molecule has 0 atom stereocenters. The summed E-state index contributed by atoms with van der Waals surface area (Å²) >= 11 is 5.67. The van der Waals surface area contributed by atoms with Crippen molar-refractivity contribution in [3.8, 4) is 11.5 Å². The number of benzene rings is 1. The van der Waals surface area contributed by atoms with Crippen LogP contribution in [0.25, 0.3) is 0 Å². The zero-order chi connectivity index (χ0) is 14.4. The molecule has 3 nitrogen and oxygen atoms in total. The highest BCUT2D eigenvalue weighted by molar-refractivity contribution is 9.10. The normalized spacial score (nSPS) is 16.1. The molecule has 1 aliphatic rings. The van der Waals surface area contributed by atoms with Crippen molar-refractivity contribution in [1.82, 2.24) is 5.32 Å². The number of rotatable bonds is 6. The molecule has 1 fully saturated rings. The molecule has 1 heterocycles. The van der Waals surface area contributed by atoms with Gasteiger partial charge in [-0.3, -0.25) is 0 Å². The maximum Gasteiger partial charge on any atom is 0.161 e. The quantitative estimate of drug-likeness (QED) is 0.838. The predicted octanol–water partition coefficient (Wildman–Crippen LogP) is 3.70. The van der Waals surface area contributed by atoms with Gasteiger partial charge in [0, 0.05) is 11.0 Å². The van der Waals surface area contributed by atoms with E-state index < -0.39 is 0 Å². The van der Waals surface area contributed by atoms with Crippen LogP contribution in [0.15, 0.2) is 16.6 Å². The molecule has 0 aromatic heterocycles. The topological polar surface area (TPSA) is 30.5 Å². The molecule has 0 radical (unpaired) electrons. The smallest absolute Gasteiger partial charge is 0.161 e. The van der Waals surface area contributed by atoms with Gasteiger partial charge >= 0.3 is 0 Å². The van der Waals surface area contributed by atoms with Gasteiger partial charge in [0.15, 0.2) is 11.5 Å². The Kier molecular flexibility index (Phi) is 6.52. The van der Waals surface area contributed by atoms with Gasteiger partial charge in [0.1, 0.15) is 0 Å². The maximum atomic E-state index is 5.35. The van der Waals surface area contributed by atoms with Crippen molar-refractivity contribution < 1.29 is 9.47 Å². The lowest BCUT2D eigenvalue weighted by molar-refractivity contribution is 0.354. The minimum atomic E-state index is 0.757. The number of thioether (sulfide) groups is 1. The number of ether oxygens (including phenoxy) is 2. The molecule has 0 aliphatic carbocycles. The van der Waals surface area contributed by atoms with Crippen molar-refractivity contribution in [3.63, 3.8) is 0 Å². The van der Waals surface area contributed by atoms with Crippen LogP contribution in [0.4, 0.5) is 0 Å². The van der Waals surface area contributed by atoms with E-state index in [2.05, 4.69) is 33.0 Å². The Morgan fingerprint density at radius 1 is 1.20 bits per heavy atom. The van der Waals surface area contributed by atoms with Crippen molar-refractivity contribution in [2.24, 2.45) is 5.92 Å². The van der Waals surface area contributed by atoms with Crippen molar-refractivity contribution in [3.05, 3.63) is 22.2 Å². The summed E-state index contributed by atoms with van der Waals surface area (Å²) in [7, 11) is 3.33. The van der Waals surface area contributed by atoms with E-state index in [1.54, 1.807) is 14.2 Å². The number of hydrogen-bond acceptors (Lipinski definition) is 4. The molecule has 1 aliphatic heterocycles.